The predicted molar refractivity (Wildman–Crippen MR) is 153 cm³/mol. The number of nitrogens with zero attached hydrogens (tertiary/aromatic N) is 1. The SMILES string of the molecule is CCCCCCCc1ccc(CCc2ccc3c(F)c(CCc4cc(F)c(OCC(F)(F)F)c(F)c4)ccc3c2)nc1. The number of rotatable bonds is 14. The summed E-state index contributed by atoms with van der Waals surface area (Å²) in [6.45, 7) is 0.415. The maximum Gasteiger partial charge on any atom is 0.422 e. The Morgan fingerprint density at radius 1 is 0.690 bits per heavy atom. The van der Waals surface area contributed by atoms with Crippen LogP contribution in [-0.4, -0.2) is 17.8 Å². The summed E-state index contributed by atoms with van der Waals surface area (Å²) in [4.78, 5) is 4.62. The molecule has 0 atom stereocenters. The molecule has 0 bridgehead atoms. The molecule has 42 heavy (non-hydrogen) atoms. The monoisotopic (exact) mass is 587 g/mol. The molecule has 0 saturated carbocycles. The summed E-state index contributed by atoms with van der Waals surface area (Å²) in [6.07, 6.45) is 6.34. The number of hydrogen-bond donors (Lipinski definition) is 0. The third-order valence-corrected chi connectivity index (χ3v) is 7.34. The maximum absolute atomic E-state index is 15.3. The van der Waals surface area contributed by atoms with E-state index in [0.717, 1.165) is 48.0 Å². The van der Waals surface area contributed by atoms with Crippen molar-refractivity contribution in [3.05, 3.63) is 106 Å². The standard InChI is InChI=1S/C34H35F6NO/c1-2-3-4-5-6-7-24-10-16-28(41-21-24)15-9-23-11-17-29-27(18-23)14-13-26(32(29)37)12-8-25-19-30(35)33(31(36)20-25)42-22-34(38,39)40/h10-11,13-14,16-21H,2-9,12,15,22H2,1H3. The van der Waals surface area contributed by atoms with Crippen LogP contribution in [0.25, 0.3) is 10.8 Å². The molecular formula is C34H35F6NO. The van der Waals surface area contributed by atoms with Gasteiger partial charge in [-0.25, -0.2) is 13.2 Å². The smallest absolute Gasteiger partial charge is 0.422 e. The number of benzene rings is 3. The van der Waals surface area contributed by atoms with Crippen molar-refractivity contribution >= 4 is 10.8 Å². The number of aryl methyl sites for hydroxylation is 5. The lowest BCUT2D eigenvalue weighted by Gasteiger charge is -2.12. The van der Waals surface area contributed by atoms with Crippen molar-refractivity contribution < 1.29 is 31.1 Å². The van der Waals surface area contributed by atoms with E-state index in [4.69, 9.17) is 0 Å². The van der Waals surface area contributed by atoms with Gasteiger partial charge in [0.25, 0.3) is 0 Å². The van der Waals surface area contributed by atoms with E-state index in [0.29, 0.717) is 10.9 Å². The van der Waals surface area contributed by atoms with Crippen molar-refractivity contribution in [2.24, 2.45) is 0 Å². The van der Waals surface area contributed by atoms with Crippen LogP contribution >= 0.6 is 0 Å². The molecule has 0 aliphatic carbocycles. The molecule has 8 heteroatoms. The highest BCUT2D eigenvalue weighted by Gasteiger charge is 2.30. The lowest BCUT2D eigenvalue weighted by Crippen LogP contribution is -2.20. The molecule has 1 heterocycles. The molecule has 0 N–H and O–H groups in total. The quantitative estimate of drug-likeness (QED) is 0.108. The predicted octanol–water partition coefficient (Wildman–Crippen LogP) is 9.68. The van der Waals surface area contributed by atoms with Crippen LogP contribution < -0.4 is 4.74 Å². The van der Waals surface area contributed by atoms with Crippen LogP contribution in [0, 0.1) is 17.5 Å². The van der Waals surface area contributed by atoms with Gasteiger partial charge in [0.2, 0.25) is 0 Å². The maximum atomic E-state index is 15.3. The normalized spacial score (nSPS) is 11.8. The molecule has 0 radical (unpaired) electrons. The van der Waals surface area contributed by atoms with Crippen molar-refractivity contribution in [3.63, 3.8) is 0 Å². The Balaban J connectivity index is 1.33. The van der Waals surface area contributed by atoms with Gasteiger partial charge in [-0.15, -0.1) is 0 Å². The highest BCUT2D eigenvalue weighted by atomic mass is 19.4. The fourth-order valence-electron chi connectivity index (χ4n) is 5.02. The minimum absolute atomic E-state index is 0.0958. The van der Waals surface area contributed by atoms with Crippen LogP contribution in [-0.2, 0) is 32.1 Å². The van der Waals surface area contributed by atoms with Gasteiger partial charge in [0.1, 0.15) is 5.82 Å². The molecule has 0 aliphatic rings. The lowest BCUT2D eigenvalue weighted by molar-refractivity contribution is -0.154. The average Bonchev–Trinajstić information content (AvgIpc) is 2.95. The molecule has 4 aromatic rings. The molecule has 0 aliphatic heterocycles. The molecular weight excluding hydrogens is 552 g/mol. The summed E-state index contributed by atoms with van der Waals surface area (Å²) in [5, 5.41) is 1.20. The van der Waals surface area contributed by atoms with Crippen LogP contribution in [0.3, 0.4) is 0 Å². The summed E-state index contributed by atoms with van der Waals surface area (Å²) in [7, 11) is 0. The van der Waals surface area contributed by atoms with E-state index in [-0.39, 0.29) is 18.4 Å². The zero-order valence-electron chi connectivity index (χ0n) is 23.7. The van der Waals surface area contributed by atoms with Crippen molar-refractivity contribution in [1.29, 1.82) is 0 Å². The minimum Gasteiger partial charge on any atom is -0.478 e. The van der Waals surface area contributed by atoms with Gasteiger partial charge in [0.05, 0.1) is 0 Å². The first kappa shape index (κ1) is 31.4. The van der Waals surface area contributed by atoms with E-state index in [1.807, 2.05) is 24.4 Å². The molecule has 2 nitrogen and oxygen atoms in total. The van der Waals surface area contributed by atoms with E-state index in [9.17, 15) is 22.0 Å². The number of pyridine rings is 1. The Labute approximate surface area is 242 Å². The highest BCUT2D eigenvalue weighted by Crippen LogP contribution is 2.28. The first-order valence-electron chi connectivity index (χ1n) is 14.4. The van der Waals surface area contributed by atoms with Gasteiger partial charge in [-0.3, -0.25) is 4.98 Å². The zero-order valence-corrected chi connectivity index (χ0v) is 23.7. The van der Waals surface area contributed by atoms with Crippen LogP contribution in [0.5, 0.6) is 5.75 Å². The van der Waals surface area contributed by atoms with Gasteiger partial charge in [0.15, 0.2) is 24.0 Å². The second-order valence-corrected chi connectivity index (χ2v) is 10.7. The average molecular weight is 588 g/mol. The Hall–Kier alpha value is -3.55. The van der Waals surface area contributed by atoms with E-state index in [1.54, 1.807) is 12.1 Å². The number of hydrogen-bond acceptors (Lipinski definition) is 2. The van der Waals surface area contributed by atoms with E-state index >= 15 is 4.39 Å². The molecule has 0 amide bonds. The number of aromatic nitrogens is 1. The molecule has 1 aromatic heterocycles. The van der Waals surface area contributed by atoms with Crippen molar-refractivity contribution in [2.75, 3.05) is 6.61 Å². The summed E-state index contributed by atoms with van der Waals surface area (Å²) >= 11 is 0. The van der Waals surface area contributed by atoms with E-state index in [2.05, 4.69) is 28.8 Å². The largest absolute Gasteiger partial charge is 0.478 e. The summed E-state index contributed by atoms with van der Waals surface area (Å²) < 4.78 is 84.9. The Bertz CT molecular complexity index is 1440. The van der Waals surface area contributed by atoms with Gasteiger partial charge in [-0.05, 0) is 84.4 Å². The molecule has 0 fully saturated rings. The third kappa shape index (κ3) is 8.97. The van der Waals surface area contributed by atoms with Gasteiger partial charge in [0, 0.05) is 17.3 Å². The van der Waals surface area contributed by atoms with Gasteiger partial charge < -0.3 is 4.74 Å². The number of unbranched alkanes of at least 4 members (excludes halogenated alkanes) is 4. The van der Waals surface area contributed by atoms with Crippen LogP contribution in [0.2, 0.25) is 0 Å². The van der Waals surface area contributed by atoms with Crippen molar-refractivity contribution in [1.82, 2.24) is 4.98 Å². The molecule has 0 unspecified atom stereocenters. The summed E-state index contributed by atoms with van der Waals surface area (Å²) in [5.41, 5.74) is 3.90. The summed E-state index contributed by atoms with van der Waals surface area (Å²) in [6, 6.07) is 15.1. The molecule has 3 aromatic carbocycles. The third-order valence-electron chi connectivity index (χ3n) is 7.34. The van der Waals surface area contributed by atoms with Gasteiger partial charge >= 0.3 is 6.18 Å². The van der Waals surface area contributed by atoms with Crippen LogP contribution in [0.15, 0.2) is 60.8 Å². The Kier molecular flexibility index (Phi) is 10.9. The van der Waals surface area contributed by atoms with Crippen molar-refractivity contribution in [3.8, 4) is 5.75 Å². The highest BCUT2D eigenvalue weighted by molar-refractivity contribution is 5.84. The molecule has 4 rings (SSSR count). The number of ether oxygens (including phenoxy) is 1. The van der Waals surface area contributed by atoms with E-state index in [1.165, 1.54) is 37.7 Å². The van der Waals surface area contributed by atoms with Gasteiger partial charge in [-0.1, -0.05) is 69.0 Å². The molecule has 0 spiro atoms. The van der Waals surface area contributed by atoms with E-state index < -0.39 is 36.0 Å². The van der Waals surface area contributed by atoms with Gasteiger partial charge in [-0.2, -0.15) is 13.2 Å². The second-order valence-electron chi connectivity index (χ2n) is 10.7. The zero-order chi connectivity index (χ0) is 30.1. The molecule has 224 valence electrons. The van der Waals surface area contributed by atoms with Crippen LogP contribution in [0.4, 0.5) is 26.3 Å². The number of fused-ring (bicyclic) bond motifs is 1. The number of halogens is 6. The number of alkyl halides is 3. The summed E-state index contributed by atoms with van der Waals surface area (Å²) in [5.74, 6) is -3.95. The fourth-order valence-corrected chi connectivity index (χ4v) is 5.02. The van der Waals surface area contributed by atoms with Crippen LogP contribution in [0.1, 0.15) is 67.0 Å². The first-order valence-corrected chi connectivity index (χ1v) is 14.4. The lowest BCUT2D eigenvalue weighted by atomic mass is 9.97. The second kappa shape index (κ2) is 14.6. The Morgan fingerprint density at radius 2 is 1.40 bits per heavy atom. The minimum atomic E-state index is -4.72. The Morgan fingerprint density at radius 3 is 2.10 bits per heavy atom. The molecule has 0 saturated heterocycles. The first-order chi connectivity index (χ1) is 20.1. The van der Waals surface area contributed by atoms with Crippen molar-refractivity contribution in [2.45, 2.75) is 77.3 Å². The topological polar surface area (TPSA) is 22.1 Å². The fraction of sp³-hybridized carbons (Fsp3) is 0.382.